The van der Waals surface area contributed by atoms with Crippen molar-refractivity contribution in [3.8, 4) is 0 Å². The lowest BCUT2D eigenvalue weighted by atomic mass is 9.73. The van der Waals surface area contributed by atoms with Crippen LogP contribution in [0, 0.1) is 0 Å². The predicted octanol–water partition coefficient (Wildman–Crippen LogP) is 4.51. The van der Waals surface area contributed by atoms with Gasteiger partial charge in [-0.1, -0.05) is 13.0 Å². The number of anilines is 5. The molecule has 0 unspecified atom stereocenters. The first kappa shape index (κ1) is 25.7. The molecule has 0 aliphatic carbocycles. The fraction of sp³-hybridized carbons (Fsp3) is 0.516. The highest BCUT2D eigenvalue weighted by Gasteiger charge is 2.55. The van der Waals surface area contributed by atoms with E-state index in [0.29, 0.717) is 18.5 Å². The average molecular weight is 542 g/mol. The molecular formula is C31H39N7O2. The van der Waals surface area contributed by atoms with Crippen molar-refractivity contribution < 1.29 is 9.47 Å². The Morgan fingerprint density at radius 1 is 1.02 bits per heavy atom. The fourth-order valence-electron chi connectivity index (χ4n) is 6.67. The summed E-state index contributed by atoms with van der Waals surface area (Å²) in [6.07, 6.45) is 3.99. The van der Waals surface area contributed by atoms with Gasteiger partial charge in [0.15, 0.2) is 0 Å². The Hall–Kier alpha value is -3.27. The minimum Gasteiger partial charge on any atom is -0.378 e. The lowest BCUT2D eigenvalue weighted by Gasteiger charge is -2.46. The zero-order valence-corrected chi connectivity index (χ0v) is 23.7. The molecule has 1 aromatic carbocycles. The Kier molecular flexibility index (Phi) is 6.40. The molecular weight excluding hydrogens is 502 g/mol. The molecule has 2 N–H and O–H groups in total. The monoisotopic (exact) mass is 541 g/mol. The van der Waals surface area contributed by atoms with E-state index >= 15 is 0 Å². The van der Waals surface area contributed by atoms with E-state index < -0.39 is 0 Å². The molecule has 4 aliphatic heterocycles. The number of morpholine rings is 1. The second-order valence-corrected chi connectivity index (χ2v) is 12.4. The van der Waals surface area contributed by atoms with Gasteiger partial charge < -0.3 is 29.9 Å². The maximum Gasteiger partial charge on any atom is 0.229 e. The van der Waals surface area contributed by atoms with Gasteiger partial charge in [0.1, 0.15) is 11.6 Å². The molecule has 40 heavy (non-hydrogen) atoms. The highest BCUT2D eigenvalue weighted by molar-refractivity contribution is 5.71. The molecule has 2 aromatic heterocycles. The molecule has 210 valence electrons. The van der Waals surface area contributed by atoms with E-state index in [1.807, 2.05) is 6.20 Å². The first-order valence-electron chi connectivity index (χ1n) is 14.6. The zero-order valence-electron chi connectivity index (χ0n) is 23.7. The summed E-state index contributed by atoms with van der Waals surface area (Å²) in [5, 5.41) is 6.93. The SMILES string of the molecule is CC1(C)C[C@@H]2N(c3cccc([C@@H]4CCNC4)n3)c3nc(Nc4ccc(N5CCOCC5)cc4)ncc3[C@]2(C)CO1. The molecule has 4 aliphatic rings. The van der Waals surface area contributed by atoms with Gasteiger partial charge in [-0.15, -0.1) is 0 Å². The van der Waals surface area contributed by atoms with Crippen LogP contribution in [0.2, 0.25) is 0 Å². The van der Waals surface area contributed by atoms with E-state index in [4.69, 9.17) is 24.4 Å². The van der Waals surface area contributed by atoms with E-state index in [2.05, 4.69) is 83.7 Å². The number of benzene rings is 1. The predicted molar refractivity (Wildman–Crippen MR) is 157 cm³/mol. The van der Waals surface area contributed by atoms with Gasteiger partial charge in [-0.3, -0.25) is 0 Å². The van der Waals surface area contributed by atoms with Gasteiger partial charge in [0.25, 0.3) is 0 Å². The van der Waals surface area contributed by atoms with Crippen molar-refractivity contribution in [2.75, 3.05) is 61.1 Å². The van der Waals surface area contributed by atoms with Gasteiger partial charge in [0.05, 0.1) is 31.5 Å². The second kappa shape index (κ2) is 9.98. The van der Waals surface area contributed by atoms with Crippen molar-refractivity contribution in [2.45, 2.75) is 56.6 Å². The van der Waals surface area contributed by atoms with Crippen LogP contribution in [-0.2, 0) is 14.9 Å². The Bertz CT molecular complexity index is 1370. The van der Waals surface area contributed by atoms with Crippen molar-refractivity contribution in [1.29, 1.82) is 0 Å². The minimum absolute atomic E-state index is 0.174. The summed E-state index contributed by atoms with van der Waals surface area (Å²) in [7, 11) is 0. The van der Waals surface area contributed by atoms with Crippen LogP contribution >= 0.6 is 0 Å². The molecule has 7 rings (SSSR count). The first-order valence-corrected chi connectivity index (χ1v) is 14.6. The van der Waals surface area contributed by atoms with Gasteiger partial charge in [-0.05, 0) is 69.6 Å². The highest BCUT2D eigenvalue weighted by atomic mass is 16.5. The molecule has 9 nitrogen and oxygen atoms in total. The summed E-state index contributed by atoms with van der Waals surface area (Å²) >= 11 is 0. The number of nitrogens with one attached hydrogen (secondary N) is 2. The molecule has 3 saturated heterocycles. The third kappa shape index (κ3) is 4.60. The summed E-state index contributed by atoms with van der Waals surface area (Å²) in [5.74, 6) is 2.91. The summed E-state index contributed by atoms with van der Waals surface area (Å²) in [6.45, 7) is 12.7. The normalized spacial score (nSPS) is 27.4. The van der Waals surface area contributed by atoms with Gasteiger partial charge in [0.2, 0.25) is 5.95 Å². The van der Waals surface area contributed by atoms with Crippen molar-refractivity contribution in [3.05, 3.63) is 59.9 Å². The van der Waals surface area contributed by atoms with E-state index in [9.17, 15) is 0 Å². The Balaban J connectivity index is 1.22. The molecule has 0 spiro atoms. The quantitative estimate of drug-likeness (QED) is 0.485. The molecule has 3 fully saturated rings. The smallest absolute Gasteiger partial charge is 0.229 e. The summed E-state index contributed by atoms with van der Waals surface area (Å²) in [4.78, 5) is 19.8. The van der Waals surface area contributed by atoms with Gasteiger partial charge >= 0.3 is 0 Å². The van der Waals surface area contributed by atoms with E-state index in [0.717, 1.165) is 80.8 Å². The molecule has 3 aromatic rings. The fourth-order valence-corrected chi connectivity index (χ4v) is 6.67. The number of rotatable bonds is 5. The number of fused-ring (bicyclic) bond motifs is 3. The van der Waals surface area contributed by atoms with Crippen LogP contribution in [0.5, 0.6) is 0 Å². The van der Waals surface area contributed by atoms with Crippen LogP contribution in [-0.4, -0.2) is 72.6 Å². The first-order chi connectivity index (χ1) is 19.4. The highest BCUT2D eigenvalue weighted by Crippen LogP contribution is 2.53. The average Bonchev–Trinajstić information content (AvgIpc) is 3.59. The van der Waals surface area contributed by atoms with Gasteiger partial charge in [-0.2, -0.15) is 4.98 Å². The Morgan fingerprint density at radius 3 is 2.62 bits per heavy atom. The van der Waals surface area contributed by atoms with Crippen molar-refractivity contribution in [2.24, 2.45) is 0 Å². The standard InChI is InChI=1S/C31H39N7O2/c1-30(2)17-26-31(3,20-40-30)24-19-33-29(34-22-7-9-23(10-8-22)37-13-15-39-16-14-37)36-28(24)38(26)27-6-4-5-25(35-27)21-11-12-32-18-21/h4-10,19,21,26,32H,11-18,20H2,1-3H3,(H,33,34,36)/t21-,26+,31+/m1/s1. The molecule has 0 saturated carbocycles. The van der Waals surface area contributed by atoms with Crippen LogP contribution in [0.25, 0.3) is 0 Å². The van der Waals surface area contributed by atoms with Gasteiger partial charge in [0, 0.05) is 59.8 Å². The summed E-state index contributed by atoms with van der Waals surface area (Å²) < 4.78 is 11.9. The number of nitrogens with zero attached hydrogens (tertiary/aromatic N) is 5. The molecule has 6 heterocycles. The minimum atomic E-state index is -0.228. The van der Waals surface area contributed by atoms with Crippen molar-refractivity contribution in [3.63, 3.8) is 0 Å². The lowest BCUT2D eigenvalue weighted by Crippen LogP contribution is -2.54. The third-order valence-corrected chi connectivity index (χ3v) is 9.09. The summed E-state index contributed by atoms with van der Waals surface area (Å²) in [5.41, 5.74) is 3.98. The largest absolute Gasteiger partial charge is 0.378 e. The summed E-state index contributed by atoms with van der Waals surface area (Å²) in [6, 6.07) is 15.1. The van der Waals surface area contributed by atoms with Crippen LogP contribution in [0.3, 0.4) is 0 Å². The number of aromatic nitrogens is 3. The lowest BCUT2D eigenvalue weighted by molar-refractivity contribution is -0.0893. The molecule has 9 heteroatoms. The van der Waals surface area contributed by atoms with Gasteiger partial charge in [-0.25, -0.2) is 9.97 Å². The topological polar surface area (TPSA) is 87.7 Å². The number of ether oxygens (including phenoxy) is 2. The molecule has 0 radical (unpaired) electrons. The second-order valence-electron chi connectivity index (χ2n) is 12.4. The number of hydrogen-bond donors (Lipinski definition) is 2. The maximum atomic E-state index is 6.38. The Labute approximate surface area is 236 Å². The van der Waals surface area contributed by atoms with Crippen LogP contribution in [0.15, 0.2) is 48.7 Å². The molecule has 0 amide bonds. The Morgan fingerprint density at radius 2 is 1.85 bits per heavy atom. The van der Waals surface area contributed by atoms with E-state index in [1.54, 1.807) is 0 Å². The number of hydrogen-bond acceptors (Lipinski definition) is 9. The third-order valence-electron chi connectivity index (χ3n) is 9.09. The van der Waals surface area contributed by atoms with E-state index in [1.165, 1.54) is 5.69 Å². The van der Waals surface area contributed by atoms with Crippen LogP contribution in [0.1, 0.15) is 50.8 Å². The molecule has 0 bridgehead atoms. The molecule has 3 atom stereocenters. The number of pyridine rings is 1. The van der Waals surface area contributed by atoms with Crippen molar-refractivity contribution in [1.82, 2.24) is 20.3 Å². The van der Waals surface area contributed by atoms with E-state index in [-0.39, 0.29) is 17.1 Å². The zero-order chi connectivity index (χ0) is 27.3. The van der Waals surface area contributed by atoms with Crippen molar-refractivity contribution >= 4 is 29.0 Å². The van der Waals surface area contributed by atoms with Crippen LogP contribution < -0.4 is 20.4 Å². The maximum absolute atomic E-state index is 6.38. The van der Waals surface area contributed by atoms with Crippen LogP contribution in [0.4, 0.5) is 29.0 Å².